The monoisotopic (exact) mass is 438 g/mol. The summed E-state index contributed by atoms with van der Waals surface area (Å²) in [5.74, 6) is -2.53. The Kier molecular flexibility index (Phi) is 8.58. The van der Waals surface area contributed by atoms with Gasteiger partial charge in [-0.15, -0.1) is 0 Å². The lowest BCUT2D eigenvalue weighted by atomic mass is 9.89. The van der Waals surface area contributed by atoms with E-state index in [0.717, 1.165) is 48.3 Å². The van der Waals surface area contributed by atoms with E-state index in [1.54, 1.807) is 0 Å². The fourth-order valence-corrected chi connectivity index (χ4v) is 3.24. The highest BCUT2D eigenvalue weighted by molar-refractivity contribution is 5.89. The molecule has 1 heterocycles. The third-order valence-electron chi connectivity index (χ3n) is 4.81. The van der Waals surface area contributed by atoms with Gasteiger partial charge in [-0.05, 0) is 48.2 Å². The molecule has 0 aliphatic carbocycles. The number of carboxylic acids is 1. The van der Waals surface area contributed by atoms with Gasteiger partial charge in [-0.2, -0.15) is 13.2 Å². The van der Waals surface area contributed by atoms with Gasteiger partial charge in [-0.1, -0.05) is 36.4 Å². The number of carboxylic acid groups (broad SMARTS) is 1. The van der Waals surface area contributed by atoms with Crippen molar-refractivity contribution in [1.82, 2.24) is 5.32 Å². The predicted molar refractivity (Wildman–Crippen MR) is 110 cm³/mol. The SMILES string of the molecule is CC(=O)Nc1ccc(-c2ccc(C(O)C3CCCNC3)cc2)cc1.O=C(O)C(F)(F)F. The number of hydrogen-bond donors (Lipinski definition) is 4. The van der Waals surface area contributed by atoms with Crippen molar-refractivity contribution < 1.29 is 33.0 Å². The molecule has 0 aromatic heterocycles. The van der Waals surface area contributed by atoms with E-state index < -0.39 is 18.2 Å². The van der Waals surface area contributed by atoms with E-state index >= 15 is 0 Å². The number of alkyl halides is 3. The molecule has 3 rings (SSSR count). The Bertz CT molecular complexity index is 862. The molecule has 1 amide bonds. The van der Waals surface area contributed by atoms with Crippen LogP contribution in [-0.4, -0.2) is 41.4 Å². The normalized spacial score (nSPS) is 17.1. The van der Waals surface area contributed by atoms with Crippen molar-refractivity contribution in [3.63, 3.8) is 0 Å². The summed E-state index contributed by atoms with van der Waals surface area (Å²) in [5, 5.41) is 23.8. The molecule has 2 aromatic rings. The molecule has 0 saturated carbocycles. The summed E-state index contributed by atoms with van der Waals surface area (Å²) in [7, 11) is 0. The Hall–Kier alpha value is -2.91. The van der Waals surface area contributed by atoms with E-state index in [9.17, 15) is 23.1 Å². The number of aliphatic carboxylic acids is 1. The van der Waals surface area contributed by atoms with E-state index in [1.165, 1.54) is 6.92 Å². The highest BCUT2D eigenvalue weighted by Gasteiger charge is 2.38. The van der Waals surface area contributed by atoms with Gasteiger partial charge in [0, 0.05) is 25.1 Å². The second kappa shape index (κ2) is 10.9. The van der Waals surface area contributed by atoms with E-state index in [0.29, 0.717) is 5.92 Å². The maximum Gasteiger partial charge on any atom is 0.490 e. The molecule has 9 heteroatoms. The molecule has 2 unspecified atom stereocenters. The Morgan fingerprint density at radius 1 is 1.06 bits per heavy atom. The maximum absolute atomic E-state index is 11.1. The minimum absolute atomic E-state index is 0.0710. The first kappa shape index (κ1) is 24.4. The van der Waals surface area contributed by atoms with E-state index in [4.69, 9.17) is 9.90 Å². The topological polar surface area (TPSA) is 98.7 Å². The number of rotatable bonds is 4. The first-order valence-corrected chi connectivity index (χ1v) is 9.75. The van der Waals surface area contributed by atoms with E-state index in [2.05, 4.69) is 10.6 Å². The van der Waals surface area contributed by atoms with Crippen molar-refractivity contribution in [2.45, 2.75) is 32.0 Å². The van der Waals surface area contributed by atoms with Gasteiger partial charge in [-0.3, -0.25) is 4.79 Å². The van der Waals surface area contributed by atoms with Crippen molar-refractivity contribution in [3.8, 4) is 11.1 Å². The number of aliphatic hydroxyl groups excluding tert-OH is 1. The molecule has 1 saturated heterocycles. The zero-order valence-electron chi connectivity index (χ0n) is 16.9. The van der Waals surface area contributed by atoms with Crippen LogP contribution in [0.4, 0.5) is 18.9 Å². The number of aliphatic hydroxyl groups is 1. The number of hydrogen-bond acceptors (Lipinski definition) is 4. The molecule has 4 N–H and O–H groups in total. The molecule has 1 fully saturated rings. The number of carbonyl (C=O) groups excluding carboxylic acids is 1. The molecule has 2 aromatic carbocycles. The minimum Gasteiger partial charge on any atom is -0.475 e. The van der Waals surface area contributed by atoms with Crippen LogP contribution in [0.3, 0.4) is 0 Å². The van der Waals surface area contributed by atoms with Crippen LogP contribution in [-0.2, 0) is 9.59 Å². The summed E-state index contributed by atoms with van der Waals surface area (Å²) in [4.78, 5) is 20.0. The minimum atomic E-state index is -5.08. The van der Waals surface area contributed by atoms with Crippen LogP contribution >= 0.6 is 0 Å². The van der Waals surface area contributed by atoms with Gasteiger partial charge in [0.1, 0.15) is 0 Å². The number of amides is 1. The molecule has 168 valence electrons. The van der Waals surface area contributed by atoms with Crippen LogP contribution in [0, 0.1) is 5.92 Å². The zero-order chi connectivity index (χ0) is 23.0. The average Bonchev–Trinajstić information content (AvgIpc) is 2.74. The van der Waals surface area contributed by atoms with Gasteiger partial charge in [0.05, 0.1) is 6.10 Å². The van der Waals surface area contributed by atoms with E-state index in [1.807, 2.05) is 48.5 Å². The van der Waals surface area contributed by atoms with E-state index in [-0.39, 0.29) is 5.91 Å². The standard InChI is InChI=1S/C20H24N2O2.C2HF3O2/c1-14(23)22-19-10-8-16(9-11-19)15-4-6-17(7-5-15)20(24)18-3-2-12-21-13-18;3-2(4,5)1(6)7/h4-11,18,20-21,24H,2-3,12-13H2,1H3,(H,22,23);(H,6,7). The van der Waals surface area contributed by atoms with Gasteiger partial charge >= 0.3 is 12.1 Å². The first-order chi connectivity index (χ1) is 14.6. The first-order valence-electron chi connectivity index (χ1n) is 9.75. The Morgan fingerprint density at radius 2 is 1.58 bits per heavy atom. The van der Waals surface area contributed by atoms with Gasteiger partial charge < -0.3 is 20.8 Å². The van der Waals surface area contributed by atoms with Crippen LogP contribution in [0.5, 0.6) is 0 Å². The van der Waals surface area contributed by atoms with Gasteiger partial charge in [0.25, 0.3) is 0 Å². The molecule has 0 spiro atoms. The summed E-state index contributed by atoms with van der Waals surface area (Å²) in [6.45, 7) is 3.43. The fourth-order valence-electron chi connectivity index (χ4n) is 3.24. The Labute approximate surface area is 178 Å². The number of anilines is 1. The van der Waals surface area contributed by atoms with Crippen molar-refractivity contribution in [3.05, 3.63) is 54.1 Å². The lowest BCUT2D eigenvalue weighted by Crippen LogP contribution is -2.33. The molecule has 2 atom stereocenters. The predicted octanol–water partition coefficient (Wildman–Crippen LogP) is 3.98. The van der Waals surface area contributed by atoms with Gasteiger partial charge in [-0.25, -0.2) is 4.79 Å². The molecule has 6 nitrogen and oxygen atoms in total. The summed E-state index contributed by atoms with van der Waals surface area (Å²) in [6.07, 6.45) is -3.30. The van der Waals surface area contributed by atoms with Crippen molar-refractivity contribution in [2.75, 3.05) is 18.4 Å². The number of benzene rings is 2. The molecular formula is C22H25F3N2O4. The molecule has 0 bridgehead atoms. The van der Waals surface area contributed by atoms with Crippen molar-refractivity contribution in [1.29, 1.82) is 0 Å². The van der Waals surface area contributed by atoms with Gasteiger partial charge in [0.15, 0.2) is 0 Å². The zero-order valence-corrected chi connectivity index (χ0v) is 16.9. The van der Waals surface area contributed by atoms with Crippen LogP contribution in [0.1, 0.15) is 31.4 Å². The highest BCUT2D eigenvalue weighted by atomic mass is 19.4. The second-order valence-electron chi connectivity index (χ2n) is 7.23. The summed E-state index contributed by atoms with van der Waals surface area (Å²) < 4.78 is 31.7. The van der Waals surface area contributed by atoms with Crippen molar-refractivity contribution in [2.24, 2.45) is 5.92 Å². The fraction of sp³-hybridized carbons (Fsp3) is 0.364. The molecule has 31 heavy (non-hydrogen) atoms. The number of halogens is 3. The Morgan fingerprint density at radius 3 is 2.00 bits per heavy atom. The van der Waals surface area contributed by atoms with Crippen molar-refractivity contribution >= 4 is 17.6 Å². The summed E-state index contributed by atoms with van der Waals surface area (Å²) in [6, 6.07) is 15.9. The smallest absolute Gasteiger partial charge is 0.475 e. The van der Waals surface area contributed by atoms with Crippen LogP contribution in [0.25, 0.3) is 11.1 Å². The molecule has 1 aliphatic rings. The van der Waals surface area contributed by atoms with Gasteiger partial charge in [0.2, 0.25) is 5.91 Å². The Balaban J connectivity index is 0.000000423. The molecular weight excluding hydrogens is 413 g/mol. The highest BCUT2D eigenvalue weighted by Crippen LogP contribution is 2.29. The lowest BCUT2D eigenvalue weighted by molar-refractivity contribution is -0.192. The number of nitrogens with one attached hydrogen (secondary N) is 2. The molecule has 0 radical (unpaired) electrons. The third kappa shape index (κ3) is 7.69. The summed E-state index contributed by atoms with van der Waals surface area (Å²) in [5.41, 5.74) is 3.96. The number of piperidine rings is 1. The number of carbonyl (C=O) groups is 2. The van der Waals surface area contributed by atoms with Crippen LogP contribution in [0.15, 0.2) is 48.5 Å². The van der Waals surface area contributed by atoms with Crippen LogP contribution in [0.2, 0.25) is 0 Å². The molecule has 1 aliphatic heterocycles. The second-order valence-corrected chi connectivity index (χ2v) is 7.23. The summed E-state index contributed by atoms with van der Waals surface area (Å²) >= 11 is 0. The van der Waals surface area contributed by atoms with Crippen LogP contribution < -0.4 is 10.6 Å². The largest absolute Gasteiger partial charge is 0.490 e. The average molecular weight is 438 g/mol. The maximum atomic E-state index is 11.1. The third-order valence-corrected chi connectivity index (χ3v) is 4.81. The lowest BCUT2D eigenvalue weighted by Gasteiger charge is -2.27. The quantitative estimate of drug-likeness (QED) is 0.579.